The Morgan fingerprint density at radius 2 is 1.87 bits per heavy atom. The highest BCUT2D eigenvalue weighted by molar-refractivity contribution is 6.01. The van der Waals surface area contributed by atoms with Crippen molar-refractivity contribution < 1.29 is 14.6 Å². The van der Waals surface area contributed by atoms with Crippen LogP contribution >= 0.6 is 0 Å². The number of aliphatic imine (C=N–C) groups is 1. The molecule has 2 aliphatic rings. The Morgan fingerprint density at radius 1 is 1.10 bits per heavy atom. The van der Waals surface area contributed by atoms with Crippen LogP contribution in [-0.4, -0.2) is 28.7 Å². The Morgan fingerprint density at radius 3 is 2.71 bits per heavy atom. The van der Waals surface area contributed by atoms with E-state index in [0.717, 1.165) is 17.4 Å². The zero-order chi connectivity index (χ0) is 21.4. The summed E-state index contributed by atoms with van der Waals surface area (Å²) in [6.45, 7) is 2.66. The van der Waals surface area contributed by atoms with Crippen molar-refractivity contribution in [2.75, 3.05) is 6.79 Å². The number of benzene rings is 2. The fourth-order valence-corrected chi connectivity index (χ4v) is 4.60. The summed E-state index contributed by atoms with van der Waals surface area (Å²) in [6, 6.07) is 13.2. The molecule has 3 aromatic rings. The molecule has 0 amide bonds. The Kier molecular flexibility index (Phi) is 5.14. The summed E-state index contributed by atoms with van der Waals surface area (Å²) in [7, 11) is 0. The maximum absolute atomic E-state index is 13.2. The van der Waals surface area contributed by atoms with Gasteiger partial charge in [-0.3, -0.25) is 14.4 Å². The first-order chi connectivity index (χ1) is 15.1. The topological polar surface area (TPSA) is 73.1 Å². The van der Waals surface area contributed by atoms with Gasteiger partial charge in [-0.15, -0.1) is 0 Å². The molecule has 1 fully saturated rings. The van der Waals surface area contributed by atoms with Crippen molar-refractivity contribution in [2.24, 2.45) is 10.9 Å². The van der Waals surface area contributed by atoms with Crippen LogP contribution in [0.2, 0.25) is 0 Å². The number of fused-ring (bicyclic) bond motifs is 2. The number of hydrogen-bond acceptors (Lipinski definition) is 5. The largest absolute Gasteiger partial charge is 0.494 e. The quantitative estimate of drug-likeness (QED) is 0.634. The van der Waals surface area contributed by atoms with Crippen LogP contribution in [0.15, 0.2) is 52.3 Å². The van der Waals surface area contributed by atoms with Gasteiger partial charge in [-0.2, -0.15) is 0 Å². The van der Waals surface area contributed by atoms with Gasteiger partial charge in [0, 0.05) is 17.0 Å². The third-order valence-corrected chi connectivity index (χ3v) is 6.43. The van der Waals surface area contributed by atoms with Crippen LogP contribution in [0.1, 0.15) is 43.7 Å². The van der Waals surface area contributed by atoms with Crippen molar-refractivity contribution in [3.63, 3.8) is 0 Å². The molecule has 2 heterocycles. The minimum Gasteiger partial charge on any atom is -0.494 e. The summed E-state index contributed by atoms with van der Waals surface area (Å²) in [5.74, 6) is 1.80. The first kappa shape index (κ1) is 19.7. The summed E-state index contributed by atoms with van der Waals surface area (Å²) >= 11 is 0. The van der Waals surface area contributed by atoms with Crippen LogP contribution < -0.4 is 15.0 Å². The summed E-state index contributed by atoms with van der Waals surface area (Å²) < 4.78 is 12.2. The molecule has 1 aromatic heterocycles. The van der Waals surface area contributed by atoms with Crippen molar-refractivity contribution in [3.8, 4) is 17.4 Å². The second kappa shape index (κ2) is 8.10. The van der Waals surface area contributed by atoms with E-state index in [1.54, 1.807) is 12.3 Å². The highest BCUT2D eigenvalue weighted by Gasteiger charge is 2.21. The maximum Gasteiger partial charge on any atom is 0.261 e. The monoisotopic (exact) mass is 418 g/mol. The second-order valence-corrected chi connectivity index (χ2v) is 8.47. The highest BCUT2D eigenvalue weighted by Crippen LogP contribution is 2.33. The summed E-state index contributed by atoms with van der Waals surface area (Å²) in [5, 5.41) is 12.4. The molecule has 2 unspecified atom stereocenters. The molecule has 6 heteroatoms. The van der Waals surface area contributed by atoms with Crippen LogP contribution in [0.5, 0.6) is 17.4 Å². The van der Waals surface area contributed by atoms with E-state index in [9.17, 15) is 9.90 Å². The molecule has 1 N–H and O–H groups in total. The standard InChI is InChI=1S/C25H26N2O4/c1-16-6-2-5-9-21(16)26-13-20-18-7-3-4-8-19(18)24(28)27(25(20)29)14-17-10-11-22-23(12-17)31-15-30-22/h3-4,7-8,10-13,16,21,29H,2,5-6,9,14-15H2,1H3. The molecule has 2 atom stereocenters. The van der Waals surface area contributed by atoms with Crippen LogP contribution in [0, 0.1) is 5.92 Å². The lowest BCUT2D eigenvalue weighted by Gasteiger charge is -2.25. The number of ether oxygens (including phenoxy) is 2. The average Bonchev–Trinajstić information content (AvgIpc) is 3.26. The van der Waals surface area contributed by atoms with E-state index < -0.39 is 0 Å². The van der Waals surface area contributed by atoms with Gasteiger partial charge < -0.3 is 14.6 Å². The summed E-state index contributed by atoms with van der Waals surface area (Å²) in [4.78, 5) is 18.0. The Balaban J connectivity index is 1.58. The number of nitrogens with zero attached hydrogens (tertiary/aromatic N) is 2. The highest BCUT2D eigenvalue weighted by atomic mass is 16.7. The van der Waals surface area contributed by atoms with Crippen molar-refractivity contribution in [1.82, 2.24) is 4.57 Å². The fourth-order valence-electron chi connectivity index (χ4n) is 4.60. The number of aromatic nitrogens is 1. The zero-order valence-corrected chi connectivity index (χ0v) is 17.6. The molecule has 6 nitrogen and oxygen atoms in total. The van der Waals surface area contributed by atoms with E-state index in [2.05, 4.69) is 6.92 Å². The van der Waals surface area contributed by atoms with E-state index in [0.29, 0.717) is 28.4 Å². The smallest absolute Gasteiger partial charge is 0.261 e. The van der Waals surface area contributed by atoms with Crippen LogP contribution in [0.25, 0.3) is 10.8 Å². The molecule has 0 radical (unpaired) electrons. The van der Waals surface area contributed by atoms with Gasteiger partial charge in [-0.25, -0.2) is 0 Å². The Labute approximate surface area is 180 Å². The molecule has 2 aromatic carbocycles. The van der Waals surface area contributed by atoms with E-state index in [-0.39, 0.29) is 30.8 Å². The average molecular weight is 418 g/mol. The summed E-state index contributed by atoms with van der Waals surface area (Å²) in [5.41, 5.74) is 1.21. The first-order valence-electron chi connectivity index (χ1n) is 10.9. The minimum atomic E-state index is -0.228. The SMILES string of the molecule is CC1CCCCC1N=Cc1c(O)n(Cc2ccc3c(c2)OCO3)c(=O)c2ccccc12. The number of rotatable bonds is 4. The van der Waals surface area contributed by atoms with Gasteiger partial charge in [-0.1, -0.05) is 44.0 Å². The first-order valence-corrected chi connectivity index (χ1v) is 10.9. The molecule has 0 saturated heterocycles. The van der Waals surface area contributed by atoms with Crippen molar-refractivity contribution in [1.29, 1.82) is 0 Å². The molecular weight excluding hydrogens is 392 g/mol. The number of aromatic hydroxyl groups is 1. The van der Waals surface area contributed by atoms with Gasteiger partial charge >= 0.3 is 0 Å². The predicted octanol–water partition coefficient (Wildman–Crippen LogP) is 4.48. The van der Waals surface area contributed by atoms with Gasteiger partial charge in [0.15, 0.2) is 11.5 Å². The lowest BCUT2D eigenvalue weighted by molar-refractivity contribution is 0.174. The maximum atomic E-state index is 13.2. The normalized spacial score (nSPS) is 20.5. The van der Waals surface area contributed by atoms with E-state index in [1.165, 1.54) is 23.8 Å². The number of hydrogen-bond donors (Lipinski definition) is 1. The third kappa shape index (κ3) is 3.67. The molecule has 1 aliphatic heterocycles. The van der Waals surface area contributed by atoms with Crippen molar-refractivity contribution >= 4 is 17.0 Å². The predicted molar refractivity (Wildman–Crippen MR) is 121 cm³/mol. The van der Waals surface area contributed by atoms with Crippen molar-refractivity contribution in [2.45, 2.75) is 45.2 Å². The van der Waals surface area contributed by atoms with Gasteiger partial charge in [0.2, 0.25) is 12.7 Å². The fraction of sp³-hybridized carbons (Fsp3) is 0.360. The van der Waals surface area contributed by atoms with Crippen LogP contribution in [-0.2, 0) is 6.54 Å². The lowest BCUT2D eigenvalue weighted by Crippen LogP contribution is -2.23. The zero-order valence-electron chi connectivity index (χ0n) is 17.6. The van der Waals surface area contributed by atoms with E-state index >= 15 is 0 Å². The molecule has 1 aliphatic carbocycles. The van der Waals surface area contributed by atoms with E-state index in [1.807, 2.05) is 36.4 Å². The molecular formula is C25H26N2O4. The van der Waals surface area contributed by atoms with Gasteiger partial charge in [0.25, 0.3) is 5.56 Å². The van der Waals surface area contributed by atoms with Crippen LogP contribution in [0.3, 0.4) is 0 Å². The van der Waals surface area contributed by atoms with Gasteiger partial charge in [0.1, 0.15) is 0 Å². The Bertz CT molecular complexity index is 1210. The molecule has 31 heavy (non-hydrogen) atoms. The van der Waals surface area contributed by atoms with Crippen molar-refractivity contribution in [3.05, 3.63) is 63.9 Å². The molecule has 160 valence electrons. The third-order valence-electron chi connectivity index (χ3n) is 6.43. The van der Waals surface area contributed by atoms with Gasteiger partial charge in [-0.05, 0) is 42.5 Å². The van der Waals surface area contributed by atoms with Crippen LogP contribution in [0.4, 0.5) is 0 Å². The lowest BCUT2D eigenvalue weighted by atomic mass is 9.86. The van der Waals surface area contributed by atoms with E-state index in [4.69, 9.17) is 14.5 Å². The molecule has 0 spiro atoms. The summed E-state index contributed by atoms with van der Waals surface area (Å²) in [6.07, 6.45) is 6.44. The molecule has 5 rings (SSSR count). The Hall–Kier alpha value is -3.28. The van der Waals surface area contributed by atoms with Gasteiger partial charge in [0.05, 0.1) is 18.2 Å². The molecule has 1 saturated carbocycles. The number of pyridine rings is 1. The molecule has 0 bridgehead atoms. The minimum absolute atomic E-state index is 0.0615. The second-order valence-electron chi connectivity index (χ2n) is 8.47.